The standard InChI is InChI=1S/C22H22ClFN6O/c1-11-8-30(9-12(2)26-11)14-5-15-17(23)6-18(27-22(15)25-7-14)16-4-13-10-29(3)28-20(13)19(24)21(16)31/h4-7,10-12,26,31H,8-9H2,1-3H3. The predicted molar refractivity (Wildman–Crippen MR) is 120 cm³/mol. The zero-order valence-corrected chi connectivity index (χ0v) is 18.2. The Morgan fingerprint density at radius 2 is 1.94 bits per heavy atom. The van der Waals surface area contributed by atoms with Crippen LogP contribution in [0.25, 0.3) is 33.2 Å². The van der Waals surface area contributed by atoms with E-state index in [-0.39, 0.29) is 11.1 Å². The molecular weight excluding hydrogens is 419 g/mol. The monoisotopic (exact) mass is 440 g/mol. The largest absolute Gasteiger partial charge is 0.504 e. The van der Waals surface area contributed by atoms with Gasteiger partial charge in [-0.05, 0) is 32.0 Å². The molecule has 160 valence electrons. The van der Waals surface area contributed by atoms with Crippen molar-refractivity contribution in [3.05, 3.63) is 41.4 Å². The molecule has 0 amide bonds. The molecule has 1 saturated heterocycles. The molecule has 0 aliphatic carbocycles. The predicted octanol–water partition coefficient (Wildman–Crippen LogP) is 3.87. The fourth-order valence-corrected chi connectivity index (χ4v) is 4.58. The first-order valence-corrected chi connectivity index (χ1v) is 10.5. The Balaban J connectivity index is 1.59. The van der Waals surface area contributed by atoms with Crippen molar-refractivity contribution in [2.75, 3.05) is 18.0 Å². The summed E-state index contributed by atoms with van der Waals surface area (Å²) in [6.45, 7) is 6.06. The van der Waals surface area contributed by atoms with Crippen LogP contribution in [0.1, 0.15) is 13.8 Å². The van der Waals surface area contributed by atoms with E-state index in [1.165, 1.54) is 4.68 Å². The highest BCUT2D eigenvalue weighted by molar-refractivity contribution is 6.35. The number of fused-ring (bicyclic) bond motifs is 2. The van der Waals surface area contributed by atoms with Gasteiger partial charge in [0.2, 0.25) is 0 Å². The van der Waals surface area contributed by atoms with Crippen LogP contribution in [0.2, 0.25) is 5.02 Å². The third kappa shape index (κ3) is 3.45. The van der Waals surface area contributed by atoms with Gasteiger partial charge in [0.15, 0.2) is 17.2 Å². The van der Waals surface area contributed by atoms with Gasteiger partial charge in [-0.3, -0.25) is 4.68 Å². The molecule has 5 rings (SSSR count). The molecule has 2 N–H and O–H groups in total. The number of aromatic hydroxyl groups is 1. The van der Waals surface area contributed by atoms with Crippen LogP contribution in [0, 0.1) is 5.82 Å². The lowest BCUT2D eigenvalue weighted by Crippen LogP contribution is -2.54. The Bertz CT molecular complexity index is 1310. The third-order valence-corrected chi connectivity index (χ3v) is 5.94. The van der Waals surface area contributed by atoms with Crippen LogP contribution in [-0.2, 0) is 7.05 Å². The molecule has 2 atom stereocenters. The van der Waals surface area contributed by atoms with Gasteiger partial charge in [0.05, 0.1) is 22.6 Å². The molecule has 9 heteroatoms. The molecule has 3 aromatic heterocycles. The van der Waals surface area contributed by atoms with Gasteiger partial charge in [0.1, 0.15) is 5.52 Å². The normalized spacial score (nSPS) is 19.5. The molecule has 0 saturated carbocycles. The minimum atomic E-state index is -0.781. The number of aromatic nitrogens is 4. The highest BCUT2D eigenvalue weighted by Gasteiger charge is 2.23. The lowest BCUT2D eigenvalue weighted by molar-refractivity contribution is 0.407. The van der Waals surface area contributed by atoms with Crippen molar-refractivity contribution in [3.8, 4) is 17.0 Å². The number of aryl methyl sites for hydroxylation is 1. The first-order chi connectivity index (χ1) is 14.8. The summed E-state index contributed by atoms with van der Waals surface area (Å²) in [5.74, 6) is -1.29. The second-order valence-electron chi connectivity index (χ2n) is 8.26. The Morgan fingerprint density at radius 3 is 2.68 bits per heavy atom. The molecule has 4 heterocycles. The van der Waals surface area contributed by atoms with Crippen molar-refractivity contribution < 1.29 is 9.50 Å². The molecular formula is C22H22ClFN6O. The van der Waals surface area contributed by atoms with Crippen LogP contribution >= 0.6 is 11.6 Å². The molecule has 1 aliphatic rings. The summed E-state index contributed by atoms with van der Waals surface area (Å²) in [7, 11) is 1.70. The number of phenols is 1. The van der Waals surface area contributed by atoms with Crippen molar-refractivity contribution in [2.24, 2.45) is 7.05 Å². The van der Waals surface area contributed by atoms with Crippen molar-refractivity contribution in [1.29, 1.82) is 0 Å². The van der Waals surface area contributed by atoms with E-state index in [1.54, 1.807) is 31.6 Å². The van der Waals surface area contributed by atoms with E-state index in [9.17, 15) is 9.50 Å². The average molecular weight is 441 g/mol. The fraction of sp³-hybridized carbons (Fsp3) is 0.318. The summed E-state index contributed by atoms with van der Waals surface area (Å²) in [4.78, 5) is 11.4. The van der Waals surface area contributed by atoms with Gasteiger partial charge in [0, 0.05) is 54.8 Å². The number of piperazine rings is 1. The highest BCUT2D eigenvalue weighted by atomic mass is 35.5. The maximum atomic E-state index is 14.7. The van der Waals surface area contributed by atoms with E-state index >= 15 is 0 Å². The number of nitrogens with zero attached hydrogens (tertiary/aromatic N) is 5. The summed E-state index contributed by atoms with van der Waals surface area (Å²) in [6.07, 6.45) is 3.47. The summed E-state index contributed by atoms with van der Waals surface area (Å²) in [6, 6.07) is 6.01. The number of rotatable bonds is 2. The van der Waals surface area contributed by atoms with E-state index in [4.69, 9.17) is 11.6 Å². The molecule has 1 aliphatic heterocycles. The number of phenolic OH excluding ortho intramolecular Hbond substituents is 1. The van der Waals surface area contributed by atoms with Gasteiger partial charge < -0.3 is 15.3 Å². The van der Waals surface area contributed by atoms with Gasteiger partial charge >= 0.3 is 0 Å². The van der Waals surface area contributed by atoms with Crippen molar-refractivity contribution in [3.63, 3.8) is 0 Å². The molecule has 0 bridgehead atoms. The van der Waals surface area contributed by atoms with Crippen LogP contribution < -0.4 is 10.2 Å². The first kappa shape index (κ1) is 20.0. The number of nitrogens with one attached hydrogen (secondary N) is 1. The zero-order chi connectivity index (χ0) is 21.9. The van der Waals surface area contributed by atoms with E-state index < -0.39 is 11.6 Å². The Morgan fingerprint density at radius 1 is 1.19 bits per heavy atom. The average Bonchev–Trinajstić information content (AvgIpc) is 3.10. The van der Waals surface area contributed by atoms with Crippen molar-refractivity contribution in [1.82, 2.24) is 25.1 Å². The van der Waals surface area contributed by atoms with Crippen LogP contribution in [0.5, 0.6) is 5.75 Å². The lowest BCUT2D eigenvalue weighted by Gasteiger charge is -2.37. The molecule has 31 heavy (non-hydrogen) atoms. The quantitative estimate of drug-likeness (QED) is 0.492. The summed E-state index contributed by atoms with van der Waals surface area (Å²) in [5.41, 5.74) is 2.13. The first-order valence-electron chi connectivity index (χ1n) is 10.1. The summed E-state index contributed by atoms with van der Waals surface area (Å²) >= 11 is 6.59. The molecule has 2 unspecified atom stereocenters. The molecule has 0 spiro atoms. The van der Waals surface area contributed by atoms with Crippen LogP contribution in [0.4, 0.5) is 10.1 Å². The summed E-state index contributed by atoms with van der Waals surface area (Å²) in [5, 5.41) is 19.7. The highest BCUT2D eigenvalue weighted by Crippen LogP contribution is 2.38. The van der Waals surface area contributed by atoms with Crippen LogP contribution in [0.15, 0.2) is 30.6 Å². The molecule has 1 aromatic carbocycles. The van der Waals surface area contributed by atoms with Crippen molar-refractivity contribution in [2.45, 2.75) is 25.9 Å². The molecule has 0 radical (unpaired) electrons. The van der Waals surface area contributed by atoms with E-state index in [0.29, 0.717) is 39.2 Å². The maximum absolute atomic E-state index is 14.7. The van der Waals surface area contributed by atoms with E-state index in [1.807, 2.05) is 6.07 Å². The Hall–Kier alpha value is -2.97. The molecule has 7 nitrogen and oxygen atoms in total. The van der Waals surface area contributed by atoms with Crippen LogP contribution in [0.3, 0.4) is 0 Å². The second-order valence-corrected chi connectivity index (χ2v) is 8.66. The number of hydrogen-bond donors (Lipinski definition) is 2. The lowest BCUT2D eigenvalue weighted by atomic mass is 10.1. The fourth-order valence-electron chi connectivity index (χ4n) is 4.34. The minimum Gasteiger partial charge on any atom is -0.504 e. The van der Waals surface area contributed by atoms with Gasteiger partial charge in [0.25, 0.3) is 0 Å². The van der Waals surface area contributed by atoms with Gasteiger partial charge in [-0.25, -0.2) is 14.4 Å². The smallest absolute Gasteiger partial charge is 0.193 e. The zero-order valence-electron chi connectivity index (χ0n) is 17.4. The number of anilines is 1. The second kappa shape index (κ2) is 7.32. The Labute approximate surface area is 183 Å². The van der Waals surface area contributed by atoms with Crippen molar-refractivity contribution >= 4 is 39.2 Å². The van der Waals surface area contributed by atoms with Gasteiger partial charge in [-0.2, -0.15) is 5.10 Å². The van der Waals surface area contributed by atoms with Crippen LogP contribution in [-0.4, -0.2) is 50.0 Å². The number of hydrogen-bond acceptors (Lipinski definition) is 6. The van der Waals surface area contributed by atoms with Gasteiger partial charge in [-0.1, -0.05) is 11.6 Å². The third-order valence-electron chi connectivity index (χ3n) is 5.63. The number of halogens is 2. The SMILES string of the molecule is CC1CN(c2cnc3nc(-c4cc5cn(C)nc5c(F)c4O)cc(Cl)c3c2)CC(C)N1. The summed E-state index contributed by atoms with van der Waals surface area (Å²) < 4.78 is 16.2. The van der Waals surface area contributed by atoms with E-state index in [2.05, 4.69) is 39.1 Å². The molecule has 1 fully saturated rings. The minimum absolute atomic E-state index is 0.109. The Kier molecular flexibility index (Phi) is 4.71. The topological polar surface area (TPSA) is 79.1 Å². The van der Waals surface area contributed by atoms with Gasteiger partial charge in [-0.15, -0.1) is 0 Å². The maximum Gasteiger partial charge on any atom is 0.193 e. The molecule has 4 aromatic rings. The van der Waals surface area contributed by atoms with E-state index in [0.717, 1.165) is 18.8 Å². The number of pyridine rings is 2. The number of benzene rings is 1.